The van der Waals surface area contributed by atoms with E-state index in [9.17, 15) is 0 Å². The predicted octanol–water partition coefficient (Wildman–Crippen LogP) is 2.15. The number of pyridine rings is 1. The van der Waals surface area contributed by atoms with E-state index in [1.54, 1.807) is 17.1 Å². The molecule has 4 nitrogen and oxygen atoms in total. The van der Waals surface area contributed by atoms with Gasteiger partial charge in [-0.25, -0.2) is 9.67 Å². The number of hydrogen-bond acceptors (Lipinski definition) is 3. The minimum absolute atomic E-state index is 0.120. The molecule has 0 spiro atoms. The van der Waals surface area contributed by atoms with Crippen LogP contribution in [0.15, 0.2) is 30.7 Å². The molecule has 0 aliphatic heterocycles. The number of anilines is 1. The molecule has 0 atom stereocenters. The van der Waals surface area contributed by atoms with E-state index in [4.69, 9.17) is 5.73 Å². The minimum atomic E-state index is 0.120. The number of aromatic nitrogens is 3. The molecule has 2 heterocycles. The second kappa shape index (κ2) is 3.63. The zero-order valence-electron chi connectivity index (χ0n) is 9.81. The second-order valence-corrected chi connectivity index (χ2v) is 4.87. The van der Waals surface area contributed by atoms with E-state index in [0.717, 1.165) is 5.82 Å². The van der Waals surface area contributed by atoms with E-state index in [1.165, 1.54) is 5.56 Å². The molecule has 2 aromatic heterocycles. The molecule has 0 aliphatic rings. The fourth-order valence-electron chi connectivity index (χ4n) is 1.43. The molecule has 0 saturated heterocycles. The molecule has 2 aromatic rings. The Morgan fingerprint density at radius 2 is 1.94 bits per heavy atom. The lowest BCUT2D eigenvalue weighted by molar-refractivity contribution is 0.586. The van der Waals surface area contributed by atoms with Gasteiger partial charge in [0.2, 0.25) is 0 Å². The summed E-state index contributed by atoms with van der Waals surface area (Å²) in [6, 6.07) is 4.02. The summed E-state index contributed by atoms with van der Waals surface area (Å²) in [4.78, 5) is 4.37. The van der Waals surface area contributed by atoms with Crippen molar-refractivity contribution in [2.75, 3.05) is 5.73 Å². The molecule has 0 unspecified atom stereocenters. The molecule has 0 aliphatic carbocycles. The van der Waals surface area contributed by atoms with Crippen molar-refractivity contribution in [1.29, 1.82) is 0 Å². The van der Waals surface area contributed by atoms with Gasteiger partial charge in [-0.1, -0.05) is 26.8 Å². The summed E-state index contributed by atoms with van der Waals surface area (Å²) >= 11 is 0. The molecule has 0 bridgehead atoms. The second-order valence-electron chi connectivity index (χ2n) is 4.87. The molecule has 84 valence electrons. The largest absolute Gasteiger partial charge is 0.396 e. The first-order valence-electron chi connectivity index (χ1n) is 5.24. The Morgan fingerprint density at radius 1 is 1.19 bits per heavy atom. The van der Waals surface area contributed by atoms with Crippen LogP contribution in [0.2, 0.25) is 0 Å². The Kier molecular flexibility index (Phi) is 2.42. The maximum absolute atomic E-state index is 5.60. The van der Waals surface area contributed by atoms with Gasteiger partial charge in [0.05, 0.1) is 18.1 Å². The smallest absolute Gasteiger partial charge is 0.153 e. The third kappa shape index (κ3) is 2.05. The first-order valence-corrected chi connectivity index (χ1v) is 5.24. The zero-order chi connectivity index (χ0) is 11.8. The van der Waals surface area contributed by atoms with Crippen molar-refractivity contribution in [2.24, 2.45) is 0 Å². The minimum Gasteiger partial charge on any atom is -0.396 e. The normalized spacial score (nSPS) is 11.7. The molecule has 0 fully saturated rings. The number of nitrogens with zero attached hydrogens (tertiary/aromatic N) is 3. The quantitative estimate of drug-likeness (QED) is 0.794. The standard InChI is InChI=1S/C12H16N4/c1-12(2,3)9-4-5-11(14-6-9)16-8-10(13)7-15-16/h4-8H,13H2,1-3H3. The lowest BCUT2D eigenvalue weighted by atomic mass is 9.88. The Balaban J connectivity index is 2.33. The lowest BCUT2D eigenvalue weighted by Crippen LogP contribution is -2.12. The topological polar surface area (TPSA) is 56.7 Å². The van der Waals surface area contributed by atoms with E-state index in [-0.39, 0.29) is 5.41 Å². The van der Waals surface area contributed by atoms with Crippen LogP contribution in [0.3, 0.4) is 0 Å². The molecule has 0 saturated carbocycles. The number of hydrogen-bond donors (Lipinski definition) is 1. The van der Waals surface area contributed by atoms with Crippen LogP contribution in [0.4, 0.5) is 5.69 Å². The van der Waals surface area contributed by atoms with E-state index in [2.05, 4.69) is 36.9 Å². The van der Waals surface area contributed by atoms with Crippen LogP contribution in [-0.2, 0) is 5.41 Å². The maximum Gasteiger partial charge on any atom is 0.153 e. The maximum atomic E-state index is 5.60. The van der Waals surface area contributed by atoms with Crippen LogP contribution in [0.1, 0.15) is 26.3 Å². The third-order valence-electron chi connectivity index (χ3n) is 2.45. The average molecular weight is 216 g/mol. The van der Waals surface area contributed by atoms with Crippen molar-refractivity contribution in [3.05, 3.63) is 36.3 Å². The monoisotopic (exact) mass is 216 g/mol. The first-order chi connectivity index (χ1) is 7.47. The molecule has 2 N–H and O–H groups in total. The van der Waals surface area contributed by atoms with Gasteiger partial charge in [-0.2, -0.15) is 5.10 Å². The van der Waals surface area contributed by atoms with Gasteiger partial charge in [0.1, 0.15) is 0 Å². The lowest BCUT2D eigenvalue weighted by Gasteiger charge is -2.18. The highest BCUT2D eigenvalue weighted by Crippen LogP contribution is 2.21. The highest BCUT2D eigenvalue weighted by atomic mass is 15.3. The van der Waals surface area contributed by atoms with Gasteiger partial charge in [0, 0.05) is 6.20 Å². The van der Waals surface area contributed by atoms with Crippen molar-refractivity contribution < 1.29 is 0 Å². The van der Waals surface area contributed by atoms with E-state index in [1.807, 2.05) is 12.3 Å². The fraction of sp³-hybridized carbons (Fsp3) is 0.333. The van der Waals surface area contributed by atoms with Crippen LogP contribution in [-0.4, -0.2) is 14.8 Å². The summed E-state index contributed by atoms with van der Waals surface area (Å²) < 4.78 is 1.67. The van der Waals surface area contributed by atoms with Crippen LogP contribution >= 0.6 is 0 Å². The molecule has 4 heteroatoms. The Hall–Kier alpha value is -1.84. The van der Waals surface area contributed by atoms with Crippen LogP contribution < -0.4 is 5.73 Å². The number of rotatable bonds is 1. The van der Waals surface area contributed by atoms with Crippen LogP contribution in [0.25, 0.3) is 5.82 Å². The highest BCUT2D eigenvalue weighted by Gasteiger charge is 2.13. The van der Waals surface area contributed by atoms with Crippen molar-refractivity contribution in [3.8, 4) is 5.82 Å². The summed E-state index contributed by atoms with van der Waals surface area (Å²) in [5.41, 5.74) is 7.57. The molecule has 2 rings (SSSR count). The van der Waals surface area contributed by atoms with Crippen molar-refractivity contribution >= 4 is 5.69 Å². The van der Waals surface area contributed by atoms with Gasteiger partial charge in [0.25, 0.3) is 0 Å². The summed E-state index contributed by atoms with van der Waals surface area (Å²) in [7, 11) is 0. The van der Waals surface area contributed by atoms with Gasteiger partial charge in [-0.05, 0) is 17.0 Å². The average Bonchev–Trinajstić information content (AvgIpc) is 2.64. The molecule has 16 heavy (non-hydrogen) atoms. The number of nitrogens with two attached hydrogens (primary N) is 1. The summed E-state index contributed by atoms with van der Waals surface area (Å²) in [6.07, 6.45) is 5.24. The van der Waals surface area contributed by atoms with Crippen LogP contribution in [0.5, 0.6) is 0 Å². The van der Waals surface area contributed by atoms with Crippen molar-refractivity contribution in [1.82, 2.24) is 14.8 Å². The van der Waals surface area contributed by atoms with E-state index in [0.29, 0.717) is 5.69 Å². The number of nitrogen functional groups attached to an aromatic ring is 1. The van der Waals surface area contributed by atoms with Crippen LogP contribution in [0, 0.1) is 0 Å². The summed E-state index contributed by atoms with van der Waals surface area (Å²) in [5, 5.41) is 4.11. The van der Waals surface area contributed by atoms with E-state index < -0.39 is 0 Å². The summed E-state index contributed by atoms with van der Waals surface area (Å²) in [5.74, 6) is 0.782. The van der Waals surface area contributed by atoms with Gasteiger partial charge < -0.3 is 5.73 Å². The fourth-order valence-corrected chi connectivity index (χ4v) is 1.43. The van der Waals surface area contributed by atoms with Gasteiger partial charge in [0.15, 0.2) is 5.82 Å². The zero-order valence-corrected chi connectivity index (χ0v) is 9.81. The Bertz CT molecular complexity index is 476. The molecule has 0 aromatic carbocycles. The summed E-state index contributed by atoms with van der Waals surface area (Å²) in [6.45, 7) is 6.49. The van der Waals surface area contributed by atoms with Crippen molar-refractivity contribution in [3.63, 3.8) is 0 Å². The molecule has 0 amide bonds. The molecular formula is C12H16N4. The van der Waals surface area contributed by atoms with Gasteiger partial charge in [-0.3, -0.25) is 0 Å². The Morgan fingerprint density at radius 3 is 2.38 bits per heavy atom. The first kappa shape index (κ1) is 10.7. The SMILES string of the molecule is CC(C)(C)c1ccc(-n2cc(N)cn2)nc1. The Labute approximate surface area is 95.1 Å². The predicted molar refractivity (Wildman–Crippen MR) is 64.5 cm³/mol. The van der Waals surface area contributed by atoms with Crippen molar-refractivity contribution in [2.45, 2.75) is 26.2 Å². The highest BCUT2D eigenvalue weighted by molar-refractivity contribution is 5.35. The van der Waals surface area contributed by atoms with Gasteiger partial charge >= 0.3 is 0 Å². The third-order valence-corrected chi connectivity index (χ3v) is 2.45. The van der Waals surface area contributed by atoms with Gasteiger partial charge in [-0.15, -0.1) is 0 Å². The molecular weight excluding hydrogens is 200 g/mol. The van der Waals surface area contributed by atoms with E-state index >= 15 is 0 Å². The molecule has 0 radical (unpaired) electrons.